The molecule has 0 atom stereocenters. The third-order valence-corrected chi connectivity index (χ3v) is 2.47. The fourth-order valence-electron chi connectivity index (χ4n) is 1.47. The lowest BCUT2D eigenvalue weighted by Crippen LogP contribution is -2.23. The zero-order valence-corrected chi connectivity index (χ0v) is 9.29. The summed E-state index contributed by atoms with van der Waals surface area (Å²) in [5, 5.41) is 8.92. The van der Waals surface area contributed by atoms with E-state index < -0.39 is 5.97 Å². The van der Waals surface area contributed by atoms with Crippen LogP contribution in [0.1, 0.15) is 26.7 Å². The number of aliphatic carboxylic acids is 1. The third kappa shape index (κ3) is 2.72. The zero-order valence-electron chi connectivity index (χ0n) is 9.29. The predicted molar refractivity (Wildman–Crippen MR) is 60.2 cm³/mol. The molecule has 1 N–H and O–H groups in total. The van der Waals surface area contributed by atoms with E-state index in [2.05, 4.69) is 13.5 Å². The summed E-state index contributed by atoms with van der Waals surface area (Å²) in [7, 11) is 0. The maximum absolute atomic E-state index is 10.9. The highest BCUT2D eigenvalue weighted by molar-refractivity contribution is 5.90. The van der Waals surface area contributed by atoms with Gasteiger partial charge in [0.2, 0.25) is 0 Å². The Kier molecular flexibility index (Phi) is 3.72. The maximum Gasteiger partial charge on any atom is 0.337 e. The quantitative estimate of drug-likeness (QED) is 0.770. The van der Waals surface area contributed by atoms with Crippen molar-refractivity contribution in [1.29, 1.82) is 0 Å². The van der Waals surface area contributed by atoms with Gasteiger partial charge in [0.25, 0.3) is 0 Å². The molecule has 0 aromatic rings. The van der Waals surface area contributed by atoms with Gasteiger partial charge in [-0.1, -0.05) is 19.9 Å². The van der Waals surface area contributed by atoms with Crippen molar-refractivity contribution in [3.05, 3.63) is 35.7 Å². The molecule has 0 amide bonds. The number of nitrogens with zero attached hydrogens (tertiary/aromatic N) is 1. The normalized spacial score (nSPS) is 16.1. The van der Waals surface area contributed by atoms with Crippen LogP contribution in [0.3, 0.4) is 0 Å². The fraction of sp³-hybridized carbons (Fsp3) is 0.417. The van der Waals surface area contributed by atoms with Crippen LogP contribution in [0, 0.1) is 0 Å². The Morgan fingerprint density at radius 1 is 1.60 bits per heavy atom. The van der Waals surface area contributed by atoms with E-state index >= 15 is 0 Å². The molecule has 3 heteroatoms. The van der Waals surface area contributed by atoms with Gasteiger partial charge in [-0.15, -0.1) is 0 Å². The number of carboxylic acid groups (broad SMARTS) is 1. The van der Waals surface area contributed by atoms with Crippen LogP contribution in [0.2, 0.25) is 0 Å². The minimum absolute atomic E-state index is 0.330. The number of carboxylic acids is 1. The summed E-state index contributed by atoms with van der Waals surface area (Å²) < 4.78 is 0. The first kappa shape index (κ1) is 11.6. The Morgan fingerprint density at radius 3 is 2.80 bits per heavy atom. The number of rotatable bonds is 4. The Labute approximate surface area is 90.4 Å². The minimum atomic E-state index is -0.886. The van der Waals surface area contributed by atoms with Gasteiger partial charge in [-0.25, -0.2) is 4.79 Å². The van der Waals surface area contributed by atoms with Gasteiger partial charge in [0.1, 0.15) is 0 Å². The molecule has 1 rings (SSSR count). The molecule has 0 aromatic heterocycles. The van der Waals surface area contributed by atoms with Crippen LogP contribution < -0.4 is 0 Å². The number of hydrogen-bond donors (Lipinski definition) is 1. The topological polar surface area (TPSA) is 40.5 Å². The number of carbonyl (C=O) groups is 1. The summed E-state index contributed by atoms with van der Waals surface area (Å²) in [5.74, 6) is -0.886. The molecule has 1 heterocycles. The molecule has 3 nitrogen and oxygen atoms in total. The van der Waals surface area contributed by atoms with E-state index in [1.165, 1.54) is 0 Å². The van der Waals surface area contributed by atoms with Crippen molar-refractivity contribution in [3.8, 4) is 0 Å². The molecule has 0 unspecified atom stereocenters. The van der Waals surface area contributed by atoms with Gasteiger partial charge < -0.3 is 10.0 Å². The lowest BCUT2D eigenvalue weighted by atomic mass is 10.1. The van der Waals surface area contributed by atoms with Crippen LogP contribution in [-0.4, -0.2) is 22.5 Å². The van der Waals surface area contributed by atoms with E-state index in [0.717, 1.165) is 30.7 Å². The van der Waals surface area contributed by atoms with E-state index in [1.807, 2.05) is 11.8 Å². The molecule has 0 saturated heterocycles. The summed E-state index contributed by atoms with van der Waals surface area (Å²) in [6.45, 7) is 8.77. The lowest BCUT2D eigenvalue weighted by molar-refractivity contribution is -0.132. The summed E-state index contributed by atoms with van der Waals surface area (Å²) in [5.41, 5.74) is 2.15. The van der Waals surface area contributed by atoms with Crippen molar-refractivity contribution in [2.24, 2.45) is 0 Å². The second kappa shape index (κ2) is 4.82. The molecule has 0 spiro atoms. The van der Waals surface area contributed by atoms with Gasteiger partial charge in [0, 0.05) is 18.4 Å². The summed E-state index contributed by atoms with van der Waals surface area (Å²) in [6.07, 6.45) is 5.44. The largest absolute Gasteiger partial charge is 0.478 e. The molecule has 1 aliphatic heterocycles. The van der Waals surface area contributed by atoms with E-state index in [1.54, 1.807) is 12.3 Å². The van der Waals surface area contributed by atoms with Crippen LogP contribution in [-0.2, 0) is 4.79 Å². The molecule has 0 aliphatic carbocycles. The van der Waals surface area contributed by atoms with E-state index in [9.17, 15) is 4.79 Å². The highest BCUT2D eigenvalue weighted by Gasteiger charge is 2.16. The second-order valence-electron chi connectivity index (χ2n) is 3.71. The number of hydrogen-bond acceptors (Lipinski definition) is 2. The van der Waals surface area contributed by atoms with E-state index in [0.29, 0.717) is 5.57 Å². The van der Waals surface area contributed by atoms with Gasteiger partial charge in [-0.05, 0) is 25.0 Å². The first-order valence-electron chi connectivity index (χ1n) is 5.15. The highest BCUT2D eigenvalue weighted by Crippen LogP contribution is 2.22. The molecule has 0 saturated carbocycles. The van der Waals surface area contributed by atoms with Crippen LogP contribution in [0.5, 0.6) is 0 Å². The van der Waals surface area contributed by atoms with Crippen LogP contribution in [0.25, 0.3) is 0 Å². The first-order chi connectivity index (χ1) is 7.06. The molecular weight excluding hydrogens is 190 g/mol. The van der Waals surface area contributed by atoms with Gasteiger partial charge in [-0.3, -0.25) is 0 Å². The van der Waals surface area contributed by atoms with Gasteiger partial charge in [0.15, 0.2) is 0 Å². The lowest BCUT2D eigenvalue weighted by Gasteiger charge is -2.27. The first-order valence-corrected chi connectivity index (χ1v) is 5.15. The molecule has 1 aliphatic rings. The van der Waals surface area contributed by atoms with E-state index in [-0.39, 0.29) is 0 Å². The maximum atomic E-state index is 10.9. The average Bonchev–Trinajstić information content (AvgIpc) is 2.19. The van der Waals surface area contributed by atoms with Crippen LogP contribution in [0.15, 0.2) is 35.7 Å². The van der Waals surface area contributed by atoms with Crippen molar-refractivity contribution in [3.63, 3.8) is 0 Å². The molecule has 0 aromatic carbocycles. The predicted octanol–water partition coefficient (Wildman–Crippen LogP) is 2.53. The van der Waals surface area contributed by atoms with E-state index in [4.69, 9.17) is 5.11 Å². The van der Waals surface area contributed by atoms with Gasteiger partial charge in [0.05, 0.1) is 5.57 Å². The van der Waals surface area contributed by atoms with Gasteiger partial charge >= 0.3 is 5.97 Å². The second-order valence-corrected chi connectivity index (χ2v) is 3.71. The van der Waals surface area contributed by atoms with Crippen molar-refractivity contribution in [2.45, 2.75) is 26.7 Å². The molecule has 15 heavy (non-hydrogen) atoms. The molecule has 82 valence electrons. The smallest absolute Gasteiger partial charge is 0.337 e. The summed E-state index contributed by atoms with van der Waals surface area (Å²) in [6, 6.07) is 0. The number of allylic oxidation sites excluding steroid dienone is 1. The van der Waals surface area contributed by atoms with Crippen LogP contribution in [0.4, 0.5) is 0 Å². The number of unbranched alkanes of at least 4 members (excludes halogenated alkanes) is 1. The summed E-state index contributed by atoms with van der Waals surface area (Å²) in [4.78, 5) is 12.8. The Morgan fingerprint density at radius 2 is 2.27 bits per heavy atom. The SMILES string of the molecule is C=C1C(C)=CC(C(=O)O)=CN1CCCC. The Balaban J connectivity index is 2.84. The monoisotopic (exact) mass is 207 g/mol. The fourth-order valence-corrected chi connectivity index (χ4v) is 1.47. The van der Waals surface area contributed by atoms with Crippen molar-refractivity contribution >= 4 is 5.97 Å². The molecule has 0 fully saturated rings. The Bertz CT molecular complexity index is 340. The van der Waals surface area contributed by atoms with Gasteiger partial charge in [-0.2, -0.15) is 0 Å². The van der Waals surface area contributed by atoms with Crippen molar-refractivity contribution in [2.75, 3.05) is 6.54 Å². The Hall–Kier alpha value is -1.51. The average molecular weight is 207 g/mol. The standard InChI is InChI=1S/C12H17NO2/c1-4-5-6-13-8-11(12(14)15)7-9(2)10(13)3/h7-8H,3-6H2,1-2H3,(H,14,15). The van der Waals surface area contributed by atoms with Crippen molar-refractivity contribution in [1.82, 2.24) is 4.90 Å². The third-order valence-electron chi connectivity index (χ3n) is 2.47. The van der Waals surface area contributed by atoms with Crippen molar-refractivity contribution < 1.29 is 9.90 Å². The molecular formula is C12H17NO2. The molecule has 0 bridgehead atoms. The minimum Gasteiger partial charge on any atom is -0.478 e. The molecule has 0 radical (unpaired) electrons. The highest BCUT2D eigenvalue weighted by atomic mass is 16.4. The summed E-state index contributed by atoms with van der Waals surface area (Å²) >= 11 is 0. The zero-order chi connectivity index (χ0) is 11.4. The van der Waals surface area contributed by atoms with Crippen LogP contribution >= 0.6 is 0 Å².